The highest BCUT2D eigenvalue weighted by molar-refractivity contribution is 6.30. The highest BCUT2D eigenvalue weighted by Gasteiger charge is 2.23. The molecule has 0 aliphatic heterocycles. The van der Waals surface area contributed by atoms with Crippen molar-refractivity contribution < 1.29 is 0 Å². The first-order valence-electron chi connectivity index (χ1n) is 8.21. The predicted octanol–water partition coefficient (Wildman–Crippen LogP) is 3.18. The van der Waals surface area contributed by atoms with Gasteiger partial charge in [-0.25, -0.2) is 9.97 Å². The minimum absolute atomic E-state index is 0.551. The van der Waals surface area contributed by atoms with Gasteiger partial charge in [-0.2, -0.15) is 0 Å². The molecular formula is C16H23ClN6. The van der Waals surface area contributed by atoms with E-state index < -0.39 is 0 Å². The van der Waals surface area contributed by atoms with Gasteiger partial charge in [0.15, 0.2) is 0 Å². The average molecular weight is 335 g/mol. The summed E-state index contributed by atoms with van der Waals surface area (Å²) in [5.41, 5.74) is 0.948. The van der Waals surface area contributed by atoms with Crippen LogP contribution in [0.15, 0.2) is 18.6 Å². The van der Waals surface area contributed by atoms with Gasteiger partial charge in [0, 0.05) is 13.1 Å². The summed E-state index contributed by atoms with van der Waals surface area (Å²) in [4.78, 5) is 10.9. The third-order valence-electron chi connectivity index (χ3n) is 4.08. The lowest BCUT2D eigenvalue weighted by Gasteiger charge is -2.32. The van der Waals surface area contributed by atoms with E-state index in [0.717, 1.165) is 24.7 Å². The second-order valence-electron chi connectivity index (χ2n) is 6.70. The summed E-state index contributed by atoms with van der Waals surface area (Å²) in [6.45, 7) is 6.86. The van der Waals surface area contributed by atoms with Crippen molar-refractivity contribution in [1.82, 2.24) is 25.0 Å². The van der Waals surface area contributed by atoms with Crippen molar-refractivity contribution >= 4 is 17.5 Å². The van der Waals surface area contributed by atoms with Gasteiger partial charge < -0.3 is 4.90 Å². The van der Waals surface area contributed by atoms with Gasteiger partial charge >= 0.3 is 0 Å². The summed E-state index contributed by atoms with van der Waals surface area (Å²) >= 11 is 5.90. The van der Waals surface area contributed by atoms with Crippen LogP contribution < -0.4 is 4.90 Å². The van der Waals surface area contributed by atoms with Gasteiger partial charge in [-0.3, -0.25) is 4.68 Å². The van der Waals surface area contributed by atoms with Crippen molar-refractivity contribution in [2.45, 2.75) is 46.2 Å². The van der Waals surface area contributed by atoms with Crippen LogP contribution in [0, 0.1) is 11.8 Å². The third-order valence-corrected chi connectivity index (χ3v) is 4.28. The summed E-state index contributed by atoms with van der Waals surface area (Å²) in [7, 11) is 0. The van der Waals surface area contributed by atoms with Crippen LogP contribution in [0.3, 0.4) is 0 Å². The molecule has 1 aliphatic carbocycles. The number of nitrogens with zero attached hydrogens (tertiary/aromatic N) is 6. The number of rotatable bonds is 7. The second kappa shape index (κ2) is 7.25. The van der Waals surface area contributed by atoms with E-state index in [1.165, 1.54) is 19.3 Å². The summed E-state index contributed by atoms with van der Waals surface area (Å²) in [5.74, 6) is 1.98. The first-order valence-corrected chi connectivity index (χ1v) is 8.59. The summed E-state index contributed by atoms with van der Waals surface area (Å²) in [6, 6.07) is 0. The normalized spacial score (nSPS) is 15.0. The first kappa shape index (κ1) is 16.2. The minimum Gasteiger partial charge on any atom is -0.335 e. The minimum atomic E-state index is 0.551. The SMILES string of the molecule is CC(C)Cn1cc(CN(CC2CCC2)c2ncc(Cl)cn2)nn1. The average Bonchev–Trinajstić information content (AvgIpc) is 2.88. The lowest BCUT2D eigenvalue weighted by Crippen LogP contribution is -2.33. The van der Waals surface area contributed by atoms with Crippen LogP contribution in [0.1, 0.15) is 38.8 Å². The molecule has 23 heavy (non-hydrogen) atoms. The molecular weight excluding hydrogens is 312 g/mol. The van der Waals surface area contributed by atoms with Gasteiger partial charge in [-0.05, 0) is 24.7 Å². The Hall–Kier alpha value is -1.69. The molecule has 7 heteroatoms. The molecule has 124 valence electrons. The maximum atomic E-state index is 5.90. The van der Waals surface area contributed by atoms with Crippen LogP contribution in [-0.4, -0.2) is 31.5 Å². The Balaban J connectivity index is 1.72. The fourth-order valence-corrected chi connectivity index (χ4v) is 2.84. The highest BCUT2D eigenvalue weighted by atomic mass is 35.5. The molecule has 0 aromatic carbocycles. The fourth-order valence-electron chi connectivity index (χ4n) is 2.74. The van der Waals surface area contributed by atoms with Crippen molar-refractivity contribution in [3.63, 3.8) is 0 Å². The van der Waals surface area contributed by atoms with Crippen LogP contribution in [0.4, 0.5) is 5.95 Å². The molecule has 1 aliphatic rings. The smallest absolute Gasteiger partial charge is 0.225 e. The van der Waals surface area contributed by atoms with Gasteiger partial charge in [-0.1, -0.05) is 37.1 Å². The van der Waals surface area contributed by atoms with Crippen LogP contribution in [0.25, 0.3) is 0 Å². The van der Waals surface area contributed by atoms with E-state index in [9.17, 15) is 0 Å². The molecule has 6 nitrogen and oxygen atoms in total. The van der Waals surface area contributed by atoms with Crippen molar-refractivity contribution in [2.75, 3.05) is 11.4 Å². The molecule has 0 N–H and O–H groups in total. The lowest BCUT2D eigenvalue weighted by atomic mass is 9.85. The van der Waals surface area contributed by atoms with Crippen LogP contribution in [0.2, 0.25) is 5.02 Å². The molecule has 1 fully saturated rings. The quantitative estimate of drug-likeness (QED) is 0.778. The van der Waals surface area contributed by atoms with E-state index in [1.807, 2.05) is 10.9 Å². The Bertz CT molecular complexity index is 620. The molecule has 0 amide bonds. The summed E-state index contributed by atoms with van der Waals surface area (Å²) in [5, 5.41) is 9.06. The highest BCUT2D eigenvalue weighted by Crippen LogP contribution is 2.28. The van der Waals surface area contributed by atoms with E-state index in [4.69, 9.17) is 11.6 Å². The Morgan fingerprint density at radius 1 is 1.30 bits per heavy atom. The molecule has 0 unspecified atom stereocenters. The van der Waals surface area contributed by atoms with Crippen LogP contribution >= 0.6 is 11.6 Å². The van der Waals surface area contributed by atoms with Gasteiger partial charge in [-0.15, -0.1) is 5.10 Å². The van der Waals surface area contributed by atoms with Gasteiger partial charge in [0.2, 0.25) is 5.95 Å². The Labute approximate surface area is 141 Å². The van der Waals surface area contributed by atoms with E-state index in [0.29, 0.717) is 23.4 Å². The van der Waals surface area contributed by atoms with Crippen molar-refractivity contribution in [3.05, 3.63) is 29.3 Å². The van der Waals surface area contributed by atoms with E-state index in [1.54, 1.807) is 12.4 Å². The maximum Gasteiger partial charge on any atom is 0.225 e. The number of anilines is 1. The topological polar surface area (TPSA) is 59.7 Å². The third kappa shape index (κ3) is 4.41. The largest absolute Gasteiger partial charge is 0.335 e. The lowest BCUT2D eigenvalue weighted by molar-refractivity contribution is 0.315. The molecule has 0 radical (unpaired) electrons. The number of halogens is 1. The van der Waals surface area contributed by atoms with Gasteiger partial charge in [0.05, 0.1) is 30.2 Å². The number of hydrogen-bond acceptors (Lipinski definition) is 5. The van der Waals surface area contributed by atoms with E-state index in [2.05, 4.69) is 39.0 Å². The standard InChI is InChI=1S/C16H23ClN6/c1-12(2)8-23-11-15(20-21-23)10-22(9-13-4-3-5-13)16-18-6-14(17)7-19-16/h6-7,11-13H,3-5,8-10H2,1-2H3. The fraction of sp³-hybridized carbons (Fsp3) is 0.625. The number of aromatic nitrogens is 5. The van der Waals surface area contributed by atoms with Gasteiger partial charge in [0.25, 0.3) is 0 Å². The predicted molar refractivity (Wildman–Crippen MR) is 90.3 cm³/mol. The molecule has 1 saturated carbocycles. The first-order chi connectivity index (χ1) is 11.1. The monoisotopic (exact) mass is 334 g/mol. The molecule has 0 atom stereocenters. The Morgan fingerprint density at radius 2 is 2.04 bits per heavy atom. The molecule has 0 saturated heterocycles. The second-order valence-corrected chi connectivity index (χ2v) is 7.14. The Kier molecular flexibility index (Phi) is 5.10. The van der Waals surface area contributed by atoms with Crippen molar-refractivity contribution in [1.29, 1.82) is 0 Å². The number of hydrogen-bond donors (Lipinski definition) is 0. The van der Waals surface area contributed by atoms with Crippen molar-refractivity contribution in [2.24, 2.45) is 11.8 Å². The Morgan fingerprint density at radius 3 is 2.65 bits per heavy atom. The zero-order valence-electron chi connectivity index (χ0n) is 13.7. The van der Waals surface area contributed by atoms with E-state index in [-0.39, 0.29) is 0 Å². The zero-order chi connectivity index (χ0) is 16.2. The van der Waals surface area contributed by atoms with Crippen molar-refractivity contribution in [3.8, 4) is 0 Å². The molecule has 2 aromatic heterocycles. The van der Waals surface area contributed by atoms with E-state index >= 15 is 0 Å². The van der Waals surface area contributed by atoms with Crippen LogP contribution in [0.5, 0.6) is 0 Å². The van der Waals surface area contributed by atoms with Gasteiger partial charge in [0.1, 0.15) is 5.69 Å². The molecule has 0 bridgehead atoms. The maximum absolute atomic E-state index is 5.90. The molecule has 2 aromatic rings. The summed E-state index contributed by atoms with van der Waals surface area (Å²) in [6.07, 6.45) is 9.20. The molecule has 2 heterocycles. The summed E-state index contributed by atoms with van der Waals surface area (Å²) < 4.78 is 1.91. The van der Waals surface area contributed by atoms with Crippen LogP contribution in [-0.2, 0) is 13.1 Å². The zero-order valence-corrected chi connectivity index (χ0v) is 14.4. The molecule has 3 rings (SSSR count). The molecule has 0 spiro atoms.